The van der Waals surface area contributed by atoms with Gasteiger partial charge in [-0.3, -0.25) is 0 Å². The summed E-state index contributed by atoms with van der Waals surface area (Å²) >= 11 is 0. The maximum Gasteiger partial charge on any atom is 0.410 e. The van der Waals surface area contributed by atoms with Gasteiger partial charge in [0, 0.05) is 26.2 Å². The van der Waals surface area contributed by atoms with Crippen LogP contribution in [0.3, 0.4) is 0 Å². The van der Waals surface area contributed by atoms with Crippen LogP contribution < -0.4 is 0 Å². The van der Waals surface area contributed by atoms with E-state index in [2.05, 4.69) is 0 Å². The molecular formula is C22H32N2O4. The monoisotopic (exact) mass is 388 g/mol. The van der Waals surface area contributed by atoms with Crippen LogP contribution in [0, 0.1) is 11.8 Å². The molecule has 2 unspecified atom stereocenters. The zero-order chi connectivity index (χ0) is 20.3. The molecule has 2 fully saturated rings. The molecule has 6 heteroatoms. The van der Waals surface area contributed by atoms with E-state index in [1.54, 1.807) is 4.90 Å². The molecule has 154 valence electrons. The third-order valence-corrected chi connectivity index (χ3v) is 6.24. The molecule has 1 saturated carbocycles. The molecule has 1 aromatic rings. The van der Waals surface area contributed by atoms with Gasteiger partial charge in [0.25, 0.3) is 0 Å². The summed E-state index contributed by atoms with van der Waals surface area (Å²) in [4.78, 5) is 28.4. The molecule has 1 saturated heterocycles. The molecule has 2 aliphatic rings. The van der Waals surface area contributed by atoms with E-state index in [1.165, 1.54) is 0 Å². The number of likely N-dealkylation sites (tertiary alicyclic amines) is 1. The average Bonchev–Trinajstić information content (AvgIpc) is 3.25. The van der Waals surface area contributed by atoms with E-state index < -0.39 is 5.60 Å². The summed E-state index contributed by atoms with van der Waals surface area (Å²) in [5.74, 6) is 0.846. The summed E-state index contributed by atoms with van der Waals surface area (Å²) in [5.41, 5.74) is 0.553. The van der Waals surface area contributed by atoms with E-state index in [9.17, 15) is 9.59 Å². The normalized spacial score (nSPS) is 24.0. The number of hydrogen-bond acceptors (Lipinski definition) is 4. The van der Waals surface area contributed by atoms with E-state index in [0.717, 1.165) is 24.8 Å². The van der Waals surface area contributed by atoms with Crippen LogP contribution in [0.2, 0.25) is 0 Å². The van der Waals surface area contributed by atoms with E-state index in [1.807, 2.05) is 63.1 Å². The highest BCUT2D eigenvalue weighted by Gasteiger charge is 2.45. The molecule has 0 N–H and O–H groups in total. The lowest BCUT2D eigenvalue weighted by Gasteiger charge is -2.28. The Balaban J connectivity index is 1.46. The Bertz CT molecular complexity index is 677. The Labute approximate surface area is 167 Å². The lowest BCUT2D eigenvalue weighted by atomic mass is 10.0. The summed E-state index contributed by atoms with van der Waals surface area (Å²) < 4.78 is 11.1. The summed E-state index contributed by atoms with van der Waals surface area (Å²) in [6, 6.07) is 9.87. The molecule has 28 heavy (non-hydrogen) atoms. The number of amides is 2. The second-order valence-electron chi connectivity index (χ2n) is 8.68. The van der Waals surface area contributed by atoms with E-state index in [-0.39, 0.29) is 24.8 Å². The third kappa shape index (κ3) is 4.78. The minimum atomic E-state index is -0.431. The van der Waals surface area contributed by atoms with Crippen LogP contribution in [-0.4, -0.2) is 53.8 Å². The number of fused-ring (bicyclic) bond motifs is 1. The van der Waals surface area contributed by atoms with Crippen molar-refractivity contribution in [2.45, 2.75) is 58.3 Å². The largest absolute Gasteiger partial charge is 0.445 e. The van der Waals surface area contributed by atoms with E-state index in [0.29, 0.717) is 24.9 Å². The Morgan fingerprint density at radius 2 is 1.75 bits per heavy atom. The van der Waals surface area contributed by atoms with Crippen LogP contribution >= 0.6 is 0 Å². The van der Waals surface area contributed by atoms with Crippen molar-refractivity contribution in [3.63, 3.8) is 0 Å². The van der Waals surface area contributed by atoms with Gasteiger partial charge in [-0.25, -0.2) is 9.59 Å². The molecule has 2 atom stereocenters. The fourth-order valence-corrected chi connectivity index (χ4v) is 4.08. The van der Waals surface area contributed by atoms with Crippen molar-refractivity contribution in [1.29, 1.82) is 0 Å². The quantitative estimate of drug-likeness (QED) is 0.755. The first kappa shape index (κ1) is 20.5. The van der Waals surface area contributed by atoms with E-state index in [4.69, 9.17) is 9.47 Å². The third-order valence-electron chi connectivity index (χ3n) is 6.24. The van der Waals surface area contributed by atoms with Crippen molar-refractivity contribution in [2.75, 3.05) is 20.1 Å². The van der Waals surface area contributed by atoms with Gasteiger partial charge in [-0.1, -0.05) is 37.3 Å². The zero-order valence-corrected chi connectivity index (χ0v) is 17.4. The van der Waals surface area contributed by atoms with Crippen molar-refractivity contribution in [3.8, 4) is 0 Å². The van der Waals surface area contributed by atoms with Crippen LogP contribution in [0.25, 0.3) is 0 Å². The van der Waals surface area contributed by atoms with Crippen LogP contribution in [0.1, 0.15) is 45.6 Å². The second-order valence-corrected chi connectivity index (χ2v) is 8.68. The fraction of sp³-hybridized carbons (Fsp3) is 0.636. The second kappa shape index (κ2) is 8.41. The molecular weight excluding hydrogens is 356 g/mol. The van der Waals surface area contributed by atoms with E-state index >= 15 is 0 Å². The van der Waals surface area contributed by atoms with Gasteiger partial charge in [-0.05, 0) is 50.5 Å². The maximum absolute atomic E-state index is 12.4. The Morgan fingerprint density at radius 1 is 1.14 bits per heavy atom. The number of rotatable bonds is 5. The molecule has 0 radical (unpaired) electrons. The molecule has 6 nitrogen and oxygen atoms in total. The van der Waals surface area contributed by atoms with Crippen molar-refractivity contribution in [1.82, 2.24) is 9.80 Å². The van der Waals surface area contributed by atoms with Gasteiger partial charge < -0.3 is 19.3 Å². The Kier molecular flexibility index (Phi) is 6.16. The smallest absolute Gasteiger partial charge is 0.410 e. The van der Waals surface area contributed by atoms with Crippen molar-refractivity contribution < 1.29 is 19.1 Å². The van der Waals surface area contributed by atoms with Crippen molar-refractivity contribution in [3.05, 3.63) is 35.9 Å². The lowest BCUT2D eigenvalue weighted by molar-refractivity contribution is 0.0135. The first-order valence-corrected chi connectivity index (χ1v) is 10.2. The highest BCUT2D eigenvalue weighted by Crippen LogP contribution is 2.40. The number of carbonyl (C=O) groups is 2. The van der Waals surface area contributed by atoms with Gasteiger partial charge in [-0.2, -0.15) is 0 Å². The van der Waals surface area contributed by atoms with Gasteiger partial charge in [0.15, 0.2) is 0 Å². The SMILES string of the molecule is CCC(C)(C)OC(=O)N1CC2CC(N(C)C(=O)OCc3ccccc3)CC2C1. The highest BCUT2D eigenvalue weighted by atomic mass is 16.6. The summed E-state index contributed by atoms with van der Waals surface area (Å²) in [6.07, 6.45) is 2.10. The van der Waals surface area contributed by atoms with Crippen LogP contribution in [0.4, 0.5) is 9.59 Å². The molecule has 0 spiro atoms. The zero-order valence-electron chi connectivity index (χ0n) is 17.4. The predicted molar refractivity (Wildman–Crippen MR) is 107 cm³/mol. The topological polar surface area (TPSA) is 59.1 Å². The Morgan fingerprint density at radius 3 is 2.32 bits per heavy atom. The van der Waals surface area contributed by atoms with Gasteiger partial charge in [0.2, 0.25) is 0 Å². The van der Waals surface area contributed by atoms with Crippen LogP contribution in [-0.2, 0) is 16.1 Å². The molecule has 1 aliphatic carbocycles. The number of benzene rings is 1. The molecule has 1 aliphatic heterocycles. The maximum atomic E-state index is 12.4. The minimum absolute atomic E-state index is 0.170. The first-order valence-electron chi connectivity index (χ1n) is 10.2. The van der Waals surface area contributed by atoms with Crippen LogP contribution in [0.15, 0.2) is 30.3 Å². The van der Waals surface area contributed by atoms with Gasteiger partial charge in [0.05, 0.1) is 0 Å². The predicted octanol–water partition coefficient (Wildman–Crippen LogP) is 4.29. The number of ether oxygens (including phenoxy) is 2. The summed E-state index contributed by atoms with van der Waals surface area (Å²) in [5, 5.41) is 0. The molecule has 1 heterocycles. The van der Waals surface area contributed by atoms with Crippen LogP contribution in [0.5, 0.6) is 0 Å². The molecule has 3 rings (SSSR count). The molecule has 0 aromatic heterocycles. The number of carbonyl (C=O) groups excluding carboxylic acids is 2. The molecule has 2 amide bonds. The van der Waals surface area contributed by atoms with Crippen molar-refractivity contribution in [2.24, 2.45) is 11.8 Å². The molecule has 0 bridgehead atoms. The Hall–Kier alpha value is -2.24. The minimum Gasteiger partial charge on any atom is -0.445 e. The first-order chi connectivity index (χ1) is 13.3. The summed E-state index contributed by atoms with van der Waals surface area (Å²) in [6.45, 7) is 7.61. The average molecular weight is 389 g/mol. The summed E-state index contributed by atoms with van der Waals surface area (Å²) in [7, 11) is 1.81. The highest BCUT2D eigenvalue weighted by molar-refractivity contribution is 5.69. The lowest BCUT2D eigenvalue weighted by Crippen LogP contribution is -2.39. The van der Waals surface area contributed by atoms with Gasteiger partial charge in [-0.15, -0.1) is 0 Å². The van der Waals surface area contributed by atoms with Crippen molar-refractivity contribution >= 4 is 12.2 Å². The fourth-order valence-electron chi connectivity index (χ4n) is 4.08. The van der Waals surface area contributed by atoms with Gasteiger partial charge >= 0.3 is 12.2 Å². The number of hydrogen-bond donors (Lipinski definition) is 0. The molecule has 1 aromatic carbocycles. The standard InChI is InChI=1S/C22H32N2O4/c1-5-22(2,3)28-21(26)24-13-17-11-19(12-18(17)14-24)23(4)20(25)27-15-16-9-7-6-8-10-16/h6-10,17-19H,5,11-15H2,1-4H3. The number of nitrogens with zero attached hydrogens (tertiary/aromatic N) is 2. The van der Waals surface area contributed by atoms with Gasteiger partial charge in [0.1, 0.15) is 12.2 Å².